The van der Waals surface area contributed by atoms with Crippen LogP contribution in [0, 0.1) is 34.5 Å². The third-order valence-electron chi connectivity index (χ3n) is 8.52. The molecule has 0 saturated heterocycles. The van der Waals surface area contributed by atoms with Crippen LogP contribution in [0.4, 0.5) is 0 Å². The van der Waals surface area contributed by atoms with E-state index in [4.69, 9.17) is 12.6 Å². The van der Waals surface area contributed by atoms with Crippen molar-refractivity contribution < 1.29 is 14.7 Å². The van der Waals surface area contributed by atoms with Gasteiger partial charge in [0.05, 0.1) is 0 Å². The fourth-order valence-electron chi connectivity index (χ4n) is 7.25. The lowest BCUT2D eigenvalue weighted by atomic mass is 9.46. The minimum atomic E-state index is -0.316. The molecule has 7 atom stereocenters. The number of aliphatic hydroxyl groups excluding tert-OH is 1. The van der Waals surface area contributed by atoms with E-state index >= 15 is 0 Å². The molecule has 0 aromatic rings. The van der Waals surface area contributed by atoms with Crippen LogP contribution in [-0.4, -0.2) is 28.5 Å². The van der Waals surface area contributed by atoms with Gasteiger partial charge >= 0.3 is 0 Å². The van der Waals surface area contributed by atoms with E-state index in [0.29, 0.717) is 24.2 Å². The highest BCUT2D eigenvalue weighted by Gasteiger charge is 2.61. The van der Waals surface area contributed by atoms with Crippen LogP contribution in [0.5, 0.6) is 0 Å². The van der Waals surface area contributed by atoms with E-state index in [1.54, 1.807) is 0 Å². The van der Waals surface area contributed by atoms with Gasteiger partial charge in [0, 0.05) is 17.6 Å². The molecule has 0 amide bonds. The summed E-state index contributed by atoms with van der Waals surface area (Å²) in [5, 5.41) is 9.57. The summed E-state index contributed by atoms with van der Waals surface area (Å²) < 4.78 is 0. The number of carbonyl (C=O) groups is 2. The molecule has 0 spiro atoms. The van der Waals surface area contributed by atoms with Crippen LogP contribution in [0.25, 0.3) is 0 Å². The summed E-state index contributed by atoms with van der Waals surface area (Å²) in [4.78, 5) is 24.3. The van der Waals surface area contributed by atoms with Gasteiger partial charge in [0.2, 0.25) is 0 Å². The maximum atomic E-state index is 12.3. The number of aliphatic hydroxyl groups is 1. The first-order chi connectivity index (χ1) is 11.8. The molecular formula is C21H30O3S. The lowest BCUT2D eigenvalue weighted by molar-refractivity contribution is -0.133. The Morgan fingerprint density at radius 2 is 2.00 bits per heavy atom. The number of fused-ring (bicyclic) bond motifs is 5. The molecule has 4 heteroatoms. The van der Waals surface area contributed by atoms with Crippen molar-refractivity contribution >= 4 is 24.2 Å². The third kappa shape index (κ3) is 2.43. The molecule has 0 bridgehead atoms. The summed E-state index contributed by atoms with van der Waals surface area (Å²) in [7, 11) is 0. The van der Waals surface area contributed by atoms with Gasteiger partial charge in [-0.15, -0.1) is 0 Å². The molecule has 0 heterocycles. The number of hydrogen-bond donors (Lipinski definition) is 2. The van der Waals surface area contributed by atoms with Gasteiger partial charge in [-0.1, -0.05) is 13.8 Å². The van der Waals surface area contributed by atoms with Gasteiger partial charge in [0.25, 0.3) is 0 Å². The Hall–Kier alpha value is -0.610. The first-order valence-electron chi connectivity index (χ1n) is 9.88. The van der Waals surface area contributed by atoms with Crippen molar-refractivity contribution in [2.75, 3.05) is 6.61 Å². The number of carbonyl (C=O) groups excluding carboxylic acids is 2. The Kier molecular flexibility index (Phi) is 4.23. The predicted molar refractivity (Wildman–Crippen MR) is 100 cm³/mol. The van der Waals surface area contributed by atoms with Crippen molar-refractivity contribution in [2.24, 2.45) is 34.5 Å². The molecule has 0 aromatic carbocycles. The normalized spacial score (nSPS) is 49.0. The predicted octanol–water partition coefficient (Wildman–Crippen LogP) is 3.60. The first kappa shape index (κ1) is 17.8. The maximum Gasteiger partial charge on any atom is 0.161 e. The minimum Gasteiger partial charge on any atom is -0.389 e. The van der Waals surface area contributed by atoms with E-state index < -0.39 is 0 Å². The second-order valence-electron chi connectivity index (χ2n) is 9.41. The van der Waals surface area contributed by atoms with Crippen LogP contribution in [0.2, 0.25) is 0 Å². The lowest BCUT2D eigenvalue weighted by Crippen LogP contribution is -2.53. The summed E-state index contributed by atoms with van der Waals surface area (Å²) in [6.45, 7) is 4.34. The number of ketones is 2. The fourth-order valence-corrected chi connectivity index (χ4v) is 7.86. The molecular weight excluding hydrogens is 332 g/mol. The molecule has 0 aromatic heterocycles. The highest BCUT2D eigenvalue weighted by Crippen LogP contribution is 2.67. The van der Waals surface area contributed by atoms with E-state index in [-0.39, 0.29) is 40.2 Å². The van der Waals surface area contributed by atoms with Crippen LogP contribution < -0.4 is 0 Å². The molecule has 25 heavy (non-hydrogen) atoms. The number of hydrogen-bond acceptors (Lipinski definition) is 4. The highest BCUT2D eigenvalue weighted by molar-refractivity contribution is 7.81. The fraction of sp³-hybridized carbons (Fsp3) is 0.810. The molecule has 138 valence electrons. The van der Waals surface area contributed by atoms with Crippen molar-refractivity contribution in [3.05, 3.63) is 11.6 Å². The van der Waals surface area contributed by atoms with E-state index in [9.17, 15) is 14.7 Å². The minimum absolute atomic E-state index is 0.0273. The Labute approximate surface area is 156 Å². The van der Waals surface area contributed by atoms with Gasteiger partial charge in [-0.3, -0.25) is 9.59 Å². The van der Waals surface area contributed by atoms with Gasteiger partial charge in [-0.05, 0) is 78.8 Å². The molecule has 3 fully saturated rings. The first-order valence-corrected chi connectivity index (χ1v) is 10.4. The Morgan fingerprint density at radius 1 is 1.24 bits per heavy atom. The van der Waals surface area contributed by atoms with Crippen molar-refractivity contribution in [3.63, 3.8) is 0 Å². The van der Waals surface area contributed by atoms with Gasteiger partial charge < -0.3 is 5.11 Å². The van der Waals surface area contributed by atoms with Gasteiger partial charge in [-0.25, -0.2) is 0 Å². The van der Waals surface area contributed by atoms with Gasteiger partial charge in [0.15, 0.2) is 11.6 Å². The molecule has 1 N–H and O–H groups in total. The smallest absolute Gasteiger partial charge is 0.161 e. The number of thiol groups is 1. The average Bonchev–Trinajstić information content (AvgIpc) is 2.93. The molecule has 4 aliphatic rings. The molecule has 0 radical (unpaired) electrons. The van der Waals surface area contributed by atoms with E-state index in [2.05, 4.69) is 13.8 Å². The second kappa shape index (κ2) is 5.95. The van der Waals surface area contributed by atoms with Crippen LogP contribution in [0.3, 0.4) is 0 Å². The van der Waals surface area contributed by atoms with Crippen LogP contribution in [0.15, 0.2) is 11.6 Å². The van der Waals surface area contributed by atoms with Crippen molar-refractivity contribution in [2.45, 2.75) is 64.0 Å². The van der Waals surface area contributed by atoms with E-state index in [1.165, 1.54) is 5.57 Å². The van der Waals surface area contributed by atoms with Crippen molar-refractivity contribution in [3.8, 4) is 0 Å². The maximum absolute atomic E-state index is 12.3. The largest absolute Gasteiger partial charge is 0.389 e. The molecule has 0 aliphatic heterocycles. The lowest BCUT2D eigenvalue weighted by Gasteiger charge is -2.59. The number of Topliss-reactive ketones (excluding diaryl/α,β-unsaturated/α-hetero) is 1. The van der Waals surface area contributed by atoms with Crippen molar-refractivity contribution in [1.29, 1.82) is 0 Å². The SMILES string of the molecule is C[C@]12CC[C@H]3[C@@H](CC(S)C4=CC(=O)CC[C@@]43C)[C@@H]1CC[C@@H]2C(=O)CO. The summed E-state index contributed by atoms with van der Waals surface area (Å²) >= 11 is 4.91. The summed E-state index contributed by atoms with van der Waals surface area (Å²) in [6.07, 6.45) is 8.79. The highest BCUT2D eigenvalue weighted by atomic mass is 32.1. The molecule has 1 unspecified atom stereocenters. The zero-order valence-electron chi connectivity index (χ0n) is 15.3. The van der Waals surface area contributed by atoms with E-state index in [1.807, 2.05) is 6.08 Å². The van der Waals surface area contributed by atoms with Gasteiger partial charge in [0.1, 0.15) is 6.61 Å². The standard InChI is InChI=1S/C21H30O3S/c1-20-8-6-15-13(14(20)3-4-16(20)18(24)11-22)10-19(25)17-9-12(23)5-7-21(15,17)2/h9,13-16,19,22,25H,3-8,10-11H2,1-2H3/t13-,14-,15-,16+,19?,20-,21+/m0/s1. The van der Waals surface area contributed by atoms with Crippen LogP contribution >= 0.6 is 12.6 Å². The molecule has 3 nitrogen and oxygen atoms in total. The average molecular weight is 363 g/mol. The van der Waals surface area contributed by atoms with E-state index in [0.717, 1.165) is 38.5 Å². The summed E-state index contributed by atoms with van der Waals surface area (Å²) in [5.41, 5.74) is 1.41. The Balaban J connectivity index is 1.68. The van der Waals surface area contributed by atoms with Crippen molar-refractivity contribution in [1.82, 2.24) is 0 Å². The topological polar surface area (TPSA) is 54.4 Å². The van der Waals surface area contributed by atoms with Crippen LogP contribution in [-0.2, 0) is 9.59 Å². The third-order valence-corrected chi connectivity index (χ3v) is 9.01. The Morgan fingerprint density at radius 3 is 2.72 bits per heavy atom. The molecule has 4 rings (SSSR count). The molecule has 3 saturated carbocycles. The second-order valence-corrected chi connectivity index (χ2v) is 10.0. The number of rotatable bonds is 2. The quantitative estimate of drug-likeness (QED) is 0.738. The monoisotopic (exact) mass is 362 g/mol. The summed E-state index contributed by atoms with van der Waals surface area (Å²) in [5.74, 6) is 2.08. The summed E-state index contributed by atoms with van der Waals surface area (Å²) in [6, 6.07) is 0. The van der Waals surface area contributed by atoms with Gasteiger partial charge in [-0.2, -0.15) is 12.6 Å². The van der Waals surface area contributed by atoms with Crippen LogP contribution in [0.1, 0.15) is 58.8 Å². The zero-order valence-corrected chi connectivity index (χ0v) is 16.2. The zero-order chi connectivity index (χ0) is 18.0. The Bertz CT molecular complexity index is 641. The molecule has 4 aliphatic carbocycles.